The number of carbonyl (C=O) groups excluding carboxylic acids is 2. The van der Waals surface area contributed by atoms with Crippen molar-refractivity contribution in [1.82, 2.24) is 5.32 Å². The van der Waals surface area contributed by atoms with Crippen molar-refractivity contribution in [3.05, 3.63) is 102 Å². The standard InChI is InChI=1S/C26H26N2O3/c1-19(2)18-31-23-15-13-21(14-16-23)25(29)28-24(17-20-9-5-3-6-10-20)26(30)27-22-11-7-4-8-12-22/h3-17,19H,18H2,1-2H3,(H,27,30)(H,28,29). The molecule has 0 fully saturated rings. The molecule has 0 aliphatic heterocycles. The minimum Gasteiger partial charge on any atom is -0.493 e. The maximum Gasteiger partial charge on any atom is 0.272 e. The number of anilines is 1. The molecule has 0 radical (unpaired) electrons. The summed E-state index contributed by atoms with van der Waals surface area (Å²) in [6, 6.07) is 25.3. The molecule has 3 aromatic carbocycles. The van der Waals surface area contributed by atoms with E-state index in [4.69, 9.17) is 4.74 Å². The molecule has 2 N–H and O–H groups in total. The zero-order chi connectivity index (χ0) is 22.1. The highest BCUT2D eigenvalue weighted by molar-refractivity contribution is 6.10. The molecular weight excluding hydrogens is 388 g/mol. The van der Waals surface area contributed by atoms with Crippen LogP contribution >= 0.6 is 0 Å². The Morgan fingerprint density at radius 3 is 2.10 bits per heavy atom. The summed E-state index contributed by atoms with van der Waals surface area (Å²) in [5.41, 5.74) is 2.04. The fourth-order valence-electron chi connectivity index (χ4n) is 2.75. The van der Waals surface area contributed by atoms with Gasteiger partial charge in [0.1, 0.15) is 11.4 Å². The van der Waals surface area contributed by atoms with Gasteiger partial charge in [0.05, 0.1) is 6.61 Å². The van der Waals surface area contributed by atoms with E-state index in [1.54, 1.807) is 42.5 Å². The van der Waals surface area contributed by atoms with Crippen molar-refractivity contribution >= 4 is 23.6 Å². The van der Waals surface area contributed by atoms with Crippen molar-refractivity contribution in [2.75, 3.05) is 11.9 Å². The Morgan fingerprint density at radius 1 is 0.871 bits per heavy atom. The Morgan fingerprint density at radius 2 is 1.48 bits per heavy atom. The molecule has 5 nitrogen and oxygen atoms in total. The van der Waals surface area contributed by atoms with E-state index in [1.165, 1.54) is 0 Å². The van der Waals surface area contributed by atoms with E-state index in [0.29, 0.717) is 29.5 Å². The monoisotopic (exact) mass is 414 g/mol. The molecule has 0 aromatic heterocycles. The molecule has 5 heteroatoms. The largest absolute Gasteiger partial charge is 0.493 e. The van der Waals surface area contributed by atoms with Gasteiger partial charge < -0.3 is 15.4 Å². The van der Waals surface area contributed by atoms with E-state index in [-0.39, 0.29) is 11.6 Å². The number of carbonyl (C=O) groups is 2. The fourth-order valence-corrected chi connectivity index (χ4v) is 2.75. The number of amides is 2. The number of ether oxygens (including phenoxy) is 1. The van der Waals surface area contributed by atoms with Crippen molar-refractivity contribution in [2.45, 2.75) is 13.8 Å². The third-order valence-corrected chi connectivity index (χ3v) is 4.33. The molecular formula is C26H26N2O3. The Labute approximate surface area is 182 Å². The van der Waals surface area contributed by atoms with Crippen LogP contribution in [-0.4, -0.2) is 18.4 Å². The van der Waals surface area contributed by atoms with Crippen LogP contribution in [-0.2, 0) is 4.79 Å². The maximum absolute atomic E-state index is 12.9. The quantitative estimate of drug-likeness (QED) is 0.502. The maximum atomic E-state index is 12.9. The Balaban J connectivity index is 1.77. The van der Waals surface area contributed by atoms with Crippen molar-refractivity contribution < 1.29 is 14.3 Å². The first-order valence-electron chi connectivity index (χ1n) is 10.2. The van der Waals surface area contributed by atoms with Crippen LogP contribution in [0.1, 0.15) is 29.8 Å². The summed E-state index contributed by atoms with van der Waals surface area (Å²) in [5, 5.41) is 5.55. The summed E-state index contributed by atoms with van der Waals surface area (Å²) in [4.78, 5) is 25.7. The highest BCUT2D eigenvalue weighted by Gasteiger charge is 2.15. The van der Waals surface area contributed by atoms with Gasteiger partial charge in [-0.15, -0.1) is 0 Å². The zero-order valence-corrected chi connectivity index (χ0v) is 17.7. The number of para-hydroxylation sites is 1. The topological polar surface area (TPSA) is 67.4 Å². The van der Waals surface area contributed by atoms with Crippen molar-refractivity contribution in [1.29, 1.82) is 0 Å². The van der Waals surface area contributed by atoms with Crippen molar-refractivity contribution in [3.8, 4) is 5.75 Å². The lowest BCUT2D eigenvalue weighted by Crippen LogP contribution is -2.30. The summed E-state index contributed by atoms with van der Waals surface area (Å²) in [5.74, 6) is 0.338. The number of hydrogen-bond acceptors (Lipinski definition) is 3. The second-order valence-corrected chi connectivity index (χ2v) is 7.47. The zero-order valence-electron chi connectivity index (χ0n) is 17.7. The predicted octanol–water partition coefficient (Wildman–Crippen LogP) is 5.13. The Bertz CT molecular complexity index is 1030. The van der Waals surface area contributed by atoms with E-state index in [2.05, 4.69) is 24.5 Å². The van der Waals surface area contributed by atoms with E-state index >= 15 is 0 Å². The second kappa shape index (κ2) is 10.8. The minimum absolute atomic E-state index is 0.153. The lowest BCUT2D eigenvalue weighted by atomic mass is 10.1. The average Bonchev–Trinajstić information content (AvgIpc) is 2.79. The van der Waals surface area contributed by atoms with Crippen molar-refractivity contribution in [3.63, 3.8) is 0 Å². The van der Waals surface area contributed by atoms with Gasteiger partial charge in [-0.05, 0) is 54.0 Å². The van der Waals surface area contributed by atoms with Gasteiger partial charge in [-0.25, -0.2) is 0 Å². The van der Waals surface area contributed by atoms with E-state index in [0.717, 1.165) is 5.56 Å². The van der Waals surface area contributed by atoms with Gasteiger partial charge in [0.15, 0.2) is 0 Å². The molecule has 31 heavy (non-hydrogen) atoms. The number of benzene rings is 3. The Hall–Kier alpha value is -3.86. The molecule has 0 atom stereocenters. The average molecular weight is 415 g/mol. The summed E-state index contributed by atoms with van der Waals surface area (Å²) in [6.45, 7) is 4.75. The lowest BCUT2D eigenvalue weighted by Gasteiger charge is -2.12. The lowest BCUT2D eigenvalue weighted by molar-refractivity contribution is -0.113. The highest BCUT2D eigenvalue weighted by atomic mass is 16.5. The van der Waals surface area contributed by atoms with Gasteiger partial charge in [-0.2, -0.15) is 0 Å². The number of rotatable bonds is 8. The first kappa shape index (κ1) is 21.8. The second-order valence-electron chi connectivity index (χ2n) is 7.47. The van der Waals surface area contributed by atoms with Crippen molar-refractivity contribution in [2.24, 2.45) is 5.92 Å². The summed E-state index contributed by atoms with van der Waals surface area (Å²) < 4.78 is 5.66. The number of hydrogen-bond donors (Lipinski definition) is 2. The van der Waals surface area contributed by atoms with Gasteiger partial charge in [0.2, 0.25) is 0 Å². The van der Waals surface area contributed by atoms with Crippen LogP contribution in [0.4, 0.5) is 5.69 Å². The highest BCUT2D eigenvalue weighted by Crippen LogP contribution is 2.15. The third-order valence-electron chi connectivity index (χ3n) is 4.33. The SMILES string of the molecule is CC(C)COc1ccc(C(=O)NC(=Cc2ccccc2)C(=O)Nc2ccccc2)cc1. The summed E-state index contributed by atoms with van der Waals surface area (Å²) >= 11 is 0. The number of nitrogens with one attached hydrogen (secondary N) is 2. The molecule has 3 aromatic rings. The molecule has 0 saturated carbocycles. The molecule has 0 bridgehead atoms. The van der Waals surface area contributed by atoms with E-state index in [1.807, 2.05) is 48.5 Å². The first-order valence-corrected chi connectivity index (χ1v) is 10.2. The smallest absolute Gasteiger partial charge is 0.272 e. The minimum atomic E-state index is -0.403. The molecule has 0 aliphatic rings. The molecule has 0 saturated heterocycles. The van der Waals surface area contributed by atoms with Crippen LogP contribution < -0.4 is 15.4 Å². The van der Waals surface area contributed by atoms with Crippen LogP contribution in [0.25, 0.3) is 6.08 Å². The normalized spacial score (nSPS) is 11.1. The molecule has 0 aliphatic carbocycles. The van der Waals surface area contributed by atoms with Gasteiger partial charge >= 0.3 is 0 Å². The van der Waals surface area contributed by atoms with Crippen LogP contribution in [0.5, 0.6) is 5.75 Å². The molecule has 158 valence electrons. The summed E-state index contributed by atoms with van der Waals surface area (Å²) in [7, 11) is 0. The van der Waals surface area contributed by atoms with Crippen LogP contribution in [0.2, 0.25) is 0 Å². The van der Waals surface area contributed by atoms with Crippen LogP contribution in [0.15, 0.2) is 90.6 Å². The predicted molar refractivity (Wildman–Crippen MR) is 124 cm³/mol. The van der Waals surface area contributed by atoms with Gasteiger partial charge in [0.25, 0.3) is 11.8 Å². The van der Waals surface area contributed by atoms with Gasteiger partial charge in [0, 0.05) is 11.3 Å². The van der Waals surface area contributed by atoms with Gasteiger partial charge in [-0.1, -0.05) is 62.4 Å². The molecule has 0 unspecified atom stereocenters. The van der Waals surface area contributed by atoms with Crippen LogP contribution in [0, 0.1) is 5.92 Å². The molecule has 0 spiro atoms. The van der Waals surface area contributed by atoms with Crippen LogP contribution in [0.3, 0.4) is 0 Å². The summed E-state index contributed by atoms with van der Waals surface area (Å²) in [6.07, 6.45) is 1.65. The first-order chi connectivity index (χ1) is 15.0. The molecule has 2 amide bonds. The molecule has 0 heterocycles. The third kappa shape index (κ3) is 6.85. The van der Waals surface area contributed by atoms with Gasteiger partial charge in [-0.3, -0.25) is 9.59 Å². The van der Waals surface area contributed by atoms with E-state index in [9.17, 15) is 9.59 Å². The fraction of sp³-hybridized carbons (Fsp3) is 0.154. The van der Waals surface area contributed by atoms with E-state index < -0.39 is 5.91 Å². The Kier molecular flexibility index (Phi) is 7.60. The molecule has 3 rings (SSSR count).